The molecule has 2 aliphatic heterocycles. The SMILES string of the molecule is O=C(c1cccc2[nH]cnc12)N1CCCCC1CN1CCOCC1. The first kappa shape index (κ1) is 15.6. The Morgan fingerprint density at radius 1 is 1.25 bits per heavy atom. The van der Waals surface area contributed by atoms with E-state index in [9.17, 15) is 4.79 Å². The second-order valence-electron chi connectivity index (χ2n) is 6.67. The van der Waals surface area contributed by atoms with Gasteiger partial charge in [0, 0.05) is 32.2 Å². The number of para-hydroxylation sites is 1. The summed E-state index contributed by atoms with van der Waals surface area (Å²) >= 11 is 0. The second-order valence-corrected chi connectivity index (χ2v) is 6.67. The third kappa shape index (κ3) is 3.03. The van der Waals surface area contributed by atoms with E-state index in [4.69, 9.17) is 4.74 Å². The van der Waals surface area contributed by atoms with Crippen molar-refractivity contribution in [2.24, 2.45) is 0 Å². The van der Waals surface area contributed by atoms with Crippen molar-refractivity contribution in [2.75, 3.05) is 39.4 Å². The summed E-state index contributed by atoms with van der Waals surface area (Å²) in [6.45, 7) is 5.32. The van der Waals surface area contributed by atoms with Gasteiger partial charge < -0.3 is 14.6 Å². The van der Waals surface area contributed by atoms with Gasteiger partial charge in [-0.25, -0.2) is 4.98 Å². The van der Waals surface area contributed by atoms with E-state index in [1.807, 2.05) is 18.2 Å². The van der Waals surface area contributed by atoms with Gasteiger partial charge >= 0.3 is 0 Å². The number of fused-ring (bicyclic) bond motifs is 1. The molecule has 2 fully saturated rings. The number of hydrogen-bond acceptors (Lipinski definition) is 4. The number of benzene rings is 1. The average Bonchev–Trinajstić information content (AvgIpc) is 3.11. The fourth-order valence-corrected chi connectivity index (χ4v) is 3.83. The summed E-state index contributed by atoms with van der Waals surface area (Å²) in [7, 11) is 0. The van der Waals surface area contributed by atoms with Crippen LogP contribution in [-0.2, 0) is 4.74 Å². The Hall–Kier alpha value is -1.92. The van der Waals surface area contributed by atoms with Gasteiger partial charge in [0.1, 0.15) is 5.52 Å². The maximum absolute atomic E-state index is 13.2. The number of aromatic nitrogens is 2. The number of imidazole rings is 1. The number of nitrogens with one attached hydrogen (secondary N) is 1. The van der Waals surface area contributed by atoms with E-state index in [1.54, 1.807) is 6.33 Å². The number of ether oxygens (including phenoxy) is 1. The minimum atomic E-state index is 0.116. The summed E-state index contributed by atoms with van der Waals surface area (Å²) < 4.78 is 5.44. The Morgan fingerprint density at radius 2 is 2.12 bits per heavy atom. The van der Waals surface area contributed by atoms with E-state index >= 15 is 0 Å². The van der Waals surface area contributed by atoms with Crippen LogP contribution in [0, 0.1) is 0 Å². The summed E-state index contributed by atoms with van der Waals surface area (Å²) in [5.41, 5.74) is 2.41. The normalized spacial score (nSPS) is 22.8. The third-order valence-corrected chi connectivity index (χ3v) is 5.14. The summed E-state index contributed by atoms with van der Waals surface area (Å²) in [5, 5.41) is 0. The van der Waals surface area contributed by atoms with Crippen LogP contribution >= 0.6 is 0 Å². The molecular formula is C18H24N4O2. The third-order valence-electron chi connectivity index (χ3n) is 5.14. The summed E-state index contributed by atoms with van der Waals surface area (Å²) in [6.07, 6.45) is 5.02. The Balaban J connectivity index is 1.55. The Kier molecular flexibility index (Phi) is 4.49. The standard InChI is InChI=1S/C18H24N4O2/c23-18(15-5-3-6-16-17(15)20-13-19-16)22-7-2-1-4-14(22)12-21-8-10-24-11-9-21/h3,5-6,13-14H,1-2,4,7-12H2,(H,19,20). The first-order valence-electron chi connectivity index (χ1n) is 8.86. The van der Waals surface area contributed by atoms with Crippen molar-refractivity contribution in [1.29, 1.82) is 0 Å². The number of amides is 1. The lowest BCUT2D eigenvalue weighted by Gasteiger charge is -2.39. The number of H-pyrrole nitrogens is 1. The average molecular weight is 328 g/mol. The number of aromatic amines is 1. The number of likely N-dealkylation sites (tertiary alicyclic amines) is 1. The topological polar surface area (TPSA) is 61.5 Å². The lowest BCUT2D eigenvalue weighted by molar-refractivity contribution is 0.0166. The molecule has 1 unspecified atom stereocenters. The maximum atomic E-state index is 13.2. The first-order chi connectivity index (χ1) is 11.8. The van der Waals surface area contributed by atoms with E-state index in [0.717, 1.165) is 63.3 Å². The predicted molar refractivity (Wildman–Crippen MR) is 92.0 cm³/mol. The predicted octanol–water partition coefficient (Wildman–Crippen LogP) is 1.89. The van der Waals surface area contributed by atoms with Crippen LogP contribution in [0.1, 0.15) is 29.6 Å². The summed E-state index contributed by atoms with van der Waals surface area (Å²) in [6, 6.07) is 6.07. The van der Waals surface area contributed by atoms with Gasteiger partial charge in [-0.05, 0) is 31.4 Å². The molecule has 2 aliphatic rings. The molecule has 0 spiro atoms. The van der Waals surface area contributed by atoms with Gasteiger partial charge in [-0.1, -0.05) is 6.07 Å². The Labute approximate surface area is 141 Å². The summed E-state index contributed by atoms with van der Waals surface area (Å²) in [5.74, 6) is 0.116. The minimum absolute atomic E-state index is 0.116. The zero-order valence-electron chi connectivity index (χ0n) is 13.9. The molecular weight excluding hydrogens is 304 g/mol. The number of hydrogen-bond donors (Lipinski definition) is 1. The van der Waals surface area contributed by atoms with Crippen molar-refractivity contribution in [3.8, 4) is 0 Å². The highest BCUT2D eigenvalue weighted by molar-refractivity contribution is 6.04. The minimum Gasteiger partial charge on any atom is -0.379 e. The number of carbonyl (C=O) groups excluding carboxylic acids is 1. The molecule has 1 atom stereocenters. The van der Waals surface area contributed by atoms with Crippen molar-refractivity contribution in [3.05, 3.63) is 30.1 Å². The molecule has 0 bridgehead atoms. The zero-order chi connectivity index (χ0) is 16.4. The molecule has 4 rings (SSSR count). The molecule has 1 aromatic heterocycles. The molecule has 1 N–H and O–H groups in total. The largest absolute Gasteiger partial charge is 0.379 e. The lowest BCUT2D eigenvalue weighted by atomic mass is 9.99. The molecule has 1 amide bonds. The lowest BCUT2D eigenvalue weighted by Crippen LogP contribution is -2.51. The number of carbonyl (C=O) groups is 1. The van der Waals surface area contributed by atoms with Crippen molar-refractivity contribution in [2.45, 2.75) is 25.3 Å². The Bertz CT molecular complexity index is 708. The molecule has 0 saturated carbocycles. The van der Waals surface area contributed by atoms with E-state index in [-0.39, 0.29) is 5.91 Å². The second kappa shape index (κ2) is 6.91. The highest BCUT2D eigenvalue weighted by Crippen LogP contribution is 2.23. The zero-order valence-corrected chi connectivity index (χ0v) is 13.9. The van der Waals surface area contributed by atoms with Crippen molar-refractivity contribution in [3.63, 3.8) is 0 Å². The molecule has 24 heavy (non-hydrogen) atoms. The fraction of sp³-hybridized carbons (Fsp3) is 0.556. The first-order valence-corrected chi connectivity index (χ1v) is 8.86. The molecule has 128 valence electrons. The van der Waals surface area contributed by atoms with Crippen molar-refractivity contribution in [1.82, 2.24) is 19.8 Å². The molecule has 3 heterocycles. The van der Waals surface area contributed by atoms with Gasteiger partial charge in [0.05, 0.1) is 30.6 Å². The molecule has 1 aromatic carbocycles. The molecule has 6 heteroatoms. The monoisotopic (exact) mass is 328 g/mol. The van der Waals surface area contributed by atoms with Crippen LogP contribution in [0.25, 0.3) is 11.0 Å². The fourth-order valence-electron chi connectivity index (χ4n) is 3.83. The molecule has 2 aromatic rings. The van der Waals surface area contributed by atoms with Crippen molar-refractivity contribution >= 4 is 16.9 Å². The van der Waals surface area contributed by atoms with Gasteiger partial charge in [0.15, 0.2) is 0 Å². The smallest absolute Gasteiger partial charge is 0.256 e. The molecule has 0 radical (unpaired) electrons. The molecule has 6 nitrogen and oxygen atoms in total. The van der Waals surface area contributed by atoms with Gasteiger partial charge in [0.25, 0.3) is 5.91 Å². The van der Waals surface area contributed by atoms with E-state index in [2.05, 4.69) is 19.8 Å². The van der Waals surface area contributed by atoms with Gasteiger partial charge in [-0.3, -0.25) is 9.69 Å². The van der Waals surface area contributed by atoms with Crippen molar-refractivity contribution < 1.29 is 9.53 Å². The number of piperidine rings is 1. The highest BCUT2D eigenvalue weighted by atomic mass is 16.5. The molecule has 0 aliphatic carbocycles. The van der Waals surface area contributed by atoms with Crippen LogP contribution in [-0.4, -0.2) is 71.1 Å². The number of rotatable bonds is 3. The maximum Gasteiger partial charge on any atom is 0.256 e. The summed E-state index contributed by atoms with van der Waals surface area (Å²) in [4.78, 5) is 25.1. The van der Waals surface area contributed by atoms with Gasteiger partial charge in [-0.15, -0.1) is 0 Å². The van der Waals surface area contributed by atoms with Gasteiger partial charge in [-0.2, -0.15) is 0 Å². The number of nitrogens with zero attached hydrogens (tertiary/aromatic N) is 3. The highest BCUT2D eigenvalue weighted by Gasteiger charge is 2.30. The number of morpholine rings is 1. The van der Waals surface area contributed by atoms with E-state index in [1.165, 1.54) is 6.42 Å². The van der Waals surface area contributed by atoms with E-state index < -0.39 is 0 Å². The van der Waals surface area contributed by atoms with Gasteiger partial charge in [0.2, 0.25) is 0 Å². The Morgan fingerprint density at radius 3 is 3.00 bits per heavy atom. The van der Waals surface area contributed by atoms with Crippen LogP contribution in [0.5, 0.6) is 0 Å². The van der Waals surface area contributed by atoms with Crippen LogP contribution in [0.4, 0.5) is 0 Å². The quantitative estimate of drug-likeness (QED) is 0.935. The van der Waals surface area contributed by atoms with E-state index in [0.29, 0.717) is 11.6 Å². The van der Waals surface area contributed by atoms with Crippen LogP contribution in [0.15, 0.2) is 24.5 Å². The molecule has 2 saturated heterocycles. The van der Waals surface area contributed by atoms with Crippen LogP contribution < -0.4 is 0 Å². The van der Waals surface area contributed by atoms with Crippen LogP contribution in [0.2, 0.25) is 0 Å². The van der Waals surface area contributed by atoms with Crippen LogP contribution in [0.3, 0.4) is 0 Å².